The van der Waals surface area contributed by atoms with Gasteiger partial charge < -0.3 is 24.1 Å². The van der Waals surface area contributed by atoms with E-state index in [1.807, 2.05) is 46.7 Å². The SMILES string of the molecule is COCCN(Cc1nnc(-c2cccs2)o1)C(=S)Nc1cccc(OC)c1. The number of thiocarbonyl (C=S) groups is 1. The van der Waals surface area contributed by atoms with Crippen molar-refractivity contribution in [3.63, 3.8) is 0 Å². The van der Waals surface area contributed by atoms with Crippen molar-refractivity contribution < 1.29 is 13.9 Å². The summed E-state index contributed by atoms with van der Waals surface area (Å²) < 4.78 is 16.2. The quantitative estimate of drug-likeness (QED) is 0.571. The number of aromatic nitrogens is 2. The van der Waals surface area contributed by atoms with Gasteiger partial charge in [0, 0.05) is 25.4 Å². The normalized spacial score (nSPS) is 10.6. The molecule has 0 spiro atoms. The van der Waals surface area contributed by atoms with Gasteiger partial charge in [-0.15, -0.1) is 21.5 Å². The molecule has 27 heavy (non-hydrogen) atoms. The molecule has 3 rings (SSSR count). The van der Waals surface area contributed by atoms with Crippen molar-refractivity contribution >= 4 is 34.4 Å². The lowest BCUT2D eigenvalue weighted by molar-refractivity contribution is 0.172. The Hall–Kier alpha value is -2.49. The first-order chi connectivity index (χ1) is 13.2. The molecule has 0 aliphatic rings. The summed E-state index contributed by atoms with van der Waals surface area (Å²) in [6, 6.07) is 11.5. The molecule has 1 N–H and O–H groups in total. The summed E-state index contributed by atoms with van der Waals surface area (Å²) in [5.74, 6) is 1.76. The fraction of sp³-hybridized carbons (Fsp3) is 0.278. The summed E-state index contributed by atoms with van der Waals surface area (Å²) in [6.45, 7) is 1.49. The van der Waals surface area contributed by atoms with Crippen molar-refractivity contribution in [2.45, 2.75) is 6.54 Å². The number of hydrogen-bond acceptors (Lipinski definition) is 7. The van der Waals surface area contributed by atoms with E-state index < -0.39 is 0 Å². The van der Waals surface area contributed by atoms with Gasteiger partial charge in [-0.25, -0.2) is 0 Å². The van der Waals surface area contributed by atoms with Crippen LogP contribution in [0.15, 0.2) is 46.2 Å². The summed E-state index contributed by atoms with van der Waals surface area (Å²) >= 11 is 7.12. The molecule has 142 valence electrons. The summed E-state index contributed by atoms with van der Waals surface area (Å²) in [6.07, 6.45) is 0. The molecule has 2 heterocycles. The zero-order valence-corrected chi connectivity index (χ0v) is 16.7. The minimum atomic E-state index is 0.386. The fourth-order valence-corrected chi connectivity index (χ4v) is 3.26. The van der Waals surface area contributed by atoms with E-state index >= 15 is 0 Å². The molecule has 1 aromatic carbocycles. The average Bonchev–Trinajstić information content (AvgIpc) is 3.36. The predicted octanol–water partition coefficient (Wildman–Crippen LogP) is 3.65. The van der Waals surface area contributed by atoms with Gasteiger partial charge in [0.2, 0.25) is 5.89 Å². The van der Waals surface area contributed by atoms with Crippen molar-refractivity contribution in [1.82, 2.24) is 15.1 Å². The van der Waals surface area contributed by atoms with Crippen LogP contribution >= 0.6 is 23.6 Å². The van der Waals surface area contributed by atoms with Gasteiger partial charge in [0.05, 0.1) is 25.1 Å². The molecule has 2 aromatic heterocycles. The summed E-state index contributed by atoms with van der Waals surface area (Å²) in [5, 5.41) is 14.0. The van der Waals surface area contributed by atoms with E-state index in [9.17, 15) is 0 Å². The van der Waals surface area contributed by atoms with Gasteiger partial charge in [-0.05, 0) is 35.8 Å². The Morgan fingerprint density at radius 2 is 2.15 bits per heavy atom. The molecule has 0 amide bonds. The van der Waals surface area contributed by atoms with E-state index in [-0.39, 0.29) is 0 Å². The first kappa shape index (κ1) is 19.3. The van der Waals surface area contributed by atoms with E-state index in [0.29, 0.717) is 36.6 Å². The summed E-state index contributed by atoms with van der Waals surface area (Å²) in [5.41, 5.74) is 0.839. The Labute approximate surface area is 166 Å². The van der Waals surface area contributed by atoms with E-state index in [1.54, 1.807) is 25.6 Å². The van der Waals surface area contributed by atoms with E-state index in [4.69, 9.17) is 26.1 Å². The monoisotopic (exact) mass is 404 g/mol. The summed E-state index contributed by atoms with van der Waals surface area (Å²) in [7, 11) is 3.28. The Bertz CT molecular complexity index is 867. The van der Waals surface area contributed by atoms with Crippen LogP contribution in [0.5, 0.6) is 5.75 Å². The van der Waals surface area contributed by atoms with Crippen LogP contribution in [0.3, 0.4) is 0 Å². The highest BCUT2D eigenvalue weighted by Crippen LogP contribution is 2.23. The van der Waals surface area contributed by atoms with Crippen LogP contribution in [0.2, 0.25) is 0 Å². The van der Waals surface area contributed by atoms with Crippen LogP contribution in [-0.4, -0.2) is 47.6 Å². The van der Waals surface area contributed by atoms with Crippen molar-refractivity contribution in [3.8, 4) is 16.5 Å². The molecule has 7 nitrogen and oxygen atoms in total. The highest BCUT2D eigenvalue weighted by atomic mass is 32.1. The molecule has 9 heteroatoms. The number of benzene rings is 1. The molecule has 0 radical (unpaired) electrons. The number of rotatable bonds is 8. The third-order valence-corrected chi connectivity index (χ3v) is 4.92. The van der Waals surface area contributed by atoms with Gasteiger partial charge >= 0.3 is 0 Å². The van der Waals surface area contributed by atoms with Crippen molar-refractivity contribution in [2.75, 3.05) is 32.7 Å². The minimum Gasteiger partial charge on any atom is -0.497 e. The highest BCUT2D eigenvalue weighted by Gasteiger charge is 2.16. The molecule has 0 saturated carbocycles. The zero-order chi connectivity index (χ0) is 19.1. The third kappa shape index (κ3) is 5.25. The lowest BCUT2D eigenvalue weighted by Gasteiger charge is -2.24. The smallest absolute Gasteiger partial charge is 0.257 e. The van der Waals surface area contributed by atoms with Gasteiger partial charge in [-0.1, -0.05) is 12.1 Å². The zero-order valence-electron chi connectivity index (χ0n) is 15.0. The number of hydrogen-bond donors (Lipinski definition) is 1. The first-order valence-corrected chi connectivity index (χ1v) is 9.53. The second kappa shape index (κ2) is 9.45. The molecule has 3 aromatic rings. The maximum atomic E-state index is 5.77. The lowest BCUT2D eigenvalue weighted by Crippen LogP contribution is -2.36. The number of ether oxygens (including phenoxy) is 2. The van der Waals surface area contributed by atoms with Gasteiger partial charge in [-0.2, -0.15) is 0 Å². The molecule has 0 unspecified atom stereocenters. The molecule has 0 atom stereocenters. The second-order valence-electron chi connectivity index (χ2n) is 5.55. The van der Waals surface area contributed by atoms with Crippen molar-refractivity contribution in [3.05, 3.63) is 47.7 Å². The largest absolute Gasteiger partial charge is 0.497 e. The topological polar surface area (TPSA) is 72.7 Å². The Morgan fingerprint density at radius 1 is 1.26 bits per heavy atom. The molecule has 0 aliphatic heterocycles. The lowest BCUT2D eigenvalue weighted by atomic mass is 10.3. The Kier molecular flexibility index (Phi) is 6.74. The maximum absolute atomic E-state index is 5.77. The first-order valence-electron chi connectivity index (χ1n) is 8.25. The molecular weight excluding hydrogens is 384 g/mol. The van der Waals surface area contributed by atoms with Crippen LogP contribution in [0, 0.1) is 0 Å². The van der Waals surface area contributed by atoms with Gasteiger partial charge in [0.1, 0.15) is 5.75 Å². The van der Waals surface area contributed by atoms with Gasteiger partial charge in [-0.3, -0.25) is 0 Å². The molecule has 0 saturated heterocycles. The average molecular weight is 405 g/mol. The number of thiophene rings is 1. The van der Waals surface area contributed by atoms with Crippen LogP contribution in [-0.2, 0) is 11.3 Å². The van der Waals surface area contributed by atoms with Gasteiger partial charge in [0.25, 0.3) is 5.89 Å². The second-order valence-corrected chi connectivity index (χ2v) is 6.89. The van der Waals surface area contributed by atoms with Crippen LogP contribution in [0.25, 0.3) is 10.8 Å². The number of anilines is 1. The van der Waals surface area contributed by atoms with E-state index in [1.165, 1.54) is 0 Å². The number of nitrogens with one attached hydrogen (secondary N) is 1. The molecule has 0 fully saturated rings. The van der Waals surface area contributed by atoms with Gasteiger partial charge in [0.15, 0.2) is 5.11 Å². The highest BCUT2D eigenvalue weighted by molar-refractivity contribution is 7.80. The van der Waals surface area contributed by atoms with E-state index in [2.05, 4.69) is 15.5 Å². The van der Waals surface area contributed by atoms with Crippen LogP contribution < -0.4 is 10.1 Å². The Balaban J connectivity index is 1.70. The van der Waals surface area contributed by atoms with Crippen molar-refractivity contribution in [1.29, 1.82) is 0 Å². The number of nitrogens with zero attached hydrogens (tertiary/aromatic N) is 3. The molecule has 0 aliphatic carbocycles. The Morgan fingerprint density at radius 3 is 2.89 bits per heavy atom. The number of methoxy groups -OCH3 is 2. The van der Waals surface area contributed by atoms with E-state index in [0.717, 1.165) is 16.3 Å². The van der Waals surface area contributed by atoms with Crippen LogP contribution in [0.1, 0.15) is 5.89 Å². The molecular formula is C18H20N4O3S2. The standard InChI is InChI=1S/C18H20N4O3S2/c1-23-9-8-22(18(26)19-13-5-3-6-14(11-13)24-2)12-16-20-21-17(25-16)15-7-4-10-27-15/h3-7,10-11H,8-9,12H2,1-2H3,(H,19,26). The fourth-order valence-electron chi connectivity index (χ4n) is 2.34. The minimum absolute atomic E-state index is 0.386. The summed E-state index contributed by atoms with van der Waals surface area (Å²) in [4.78, 5) is 2.86. The molecule has 0 bridgehead atoms. The third-order valence-electron chi connectivity index (χ3n) is 3.70. The predicted molar refractivity (Wildman–Crippen MR) is 109 cm³/mol. The van der Waals surface area contributed by atoms with Crippen molar-refractivity contribution in [2.24, 2.45) is 0 Å². The van der Waals surface area contributed by atoms with Crippen LogP contribution in [0.4, 0.5) is 5.69 Å². The maximum Gasteiger partial charge on any atom is 0.257 e.